The Morgan fingerprint density at radius 3 is 2.89 bits per heavy atom. The molecule has 4 heteroatoms. The molecule has 19 heavy (non-hydrogen) atoms. The minimum Gasteiger partial charge on any atom is -0.363 e. The smallest absolute Gasteiger partial charge is 0.156 e. The molecular weight excluding hydrogens is 254 g/mol. The highest BCUT2D eigenvalue weighted by Gasteiger charge is 2.36. The molecule has 2 heterocycles. The summed E-state index contributed by atoms with van der Waals surface area (Å²) in [5, 5.41) is 4.81. The molecule has 0 aromatic heterocycles. The fourth-order valence-corrected chi connectivity index (χ4v) is 5.00. The number of amidine groups is 1. The lowest BCUT2D eigenvalue weighted by molar-refractivity contribution is 0.267. The van der Waals surface area contributed by atoms with Crippen molar-refractivity contribution in [3.63, 3.8) is 0 Å². The monoisotopic (exact) mass is 281 g/mol. The summed E-state index contributed by atoms with van der Waals surface area (Å²) in [4.78, 5) is 7.42. The summed E-state index contributed by atoms with van der Waals surface area (Å²) in [6.45, 7) is 6.91. The van der Waals surface area contributed by atoms with Crippen molar-refractivity contribution in [2.24, 2.45) is 10.4 Å². The Morgan fingerprint density at radius 1 is 1.37 bits per heavy atom. The lowest BCUT2D eigenvalue weighted by atomic mass is 9.89. The van der Waals surface area contributed by atoms with Crippen molar-refractivity contribution in [1.82, 2.24) is 10.2 Å². The van der Waals surface area contributed by atoms with Crippen LogP contribution in [0.15, 0.2) is 4.99 Å². The second-order valence-corrected chi connectivity index (χ2v) is 7.39. The lowest BCUT2D eigenvalue weighted by Crippen LogP contribution is -2.41. The highest BCUT2D eigenvalue weighted by molar-refractivity contribution is 8.13. The summed E-state index contributed by atoms with van der Waals surface area (Å²) in [6.07, 6.45) is 8.37. The Balaban J connectivity index is 1.47. The number of nitrogens with zero attached hydrogens (tertiary/aromatic N) is 2. The van der Waals surface area contributed by atoms with Gasteiger partial charge >= 0.3 is 0 Å². The number of hydrogen-bond donors (Lipinski definition) is 1. The minimum atomic E-state index is 0.568. The van der Waals surface area contributed by atoms with E-state index in [0.717, 1.165) is 19.1 Å². The molecular formula is C15H27N3S. The number of likely N-dealkylation sites (N-methyl/N-ethyl adjacent to an activating group) is 1. The minimum absolute atomic E-state index is 0.568. The zero-order chi connectivity index (χ0) is 13.1. The van der Waals surface area contributed by atoms with Gasteiger partial charge in [0, 0.05) is 24.9 Å². The van der Waals surface area contributed by atoms with Gasteiger partial charge in [0.15, 0.2) is 5.17 Å². The largest absolute Gasteiger partial charge is 0.363 e. The average Bonchev–Trinajstić information content (AvgIpc) is 3.07. The van der Waals surface area contributed by atoms with Gasteiger partial charge in [0.05, 0.1) is 0 Å². The van der Waals surface area contributed by atoms with Gasteiger partial charge in [-0.05, 0) is 44.2 Å². The van der Waals surface area contributed by atoms with Crippen LogP contribution in [0.2, 0.25) is 0 Å². The van der Waals surface area contributed by atoms with Crippen molar-refractivity contribution in [3.8, 4) is 0 Å². The van der Waals surface area contributed by atoms with Crippen LogP contribution < -0.4 is 5.32 Å². The summed E-state index contributed by atoms with van der Waals surface area (Å²) in [5.41, 5.74) is 0.568. The van der Waals surface area contributed by atoms with E-state index >= 15 is 0 Å². The van der Waals surface area contributed by atoms with Crippen LogP contribution in [0.1, 0.15) is 45.4 Å². The molecule has 0 amide bonds. The number of rotatable bonds is 3. The molecule has 0 aromatic rings. The van der Waals surface area contributed by atoms with Gasteiger partial charge in [0.2, 0.25) is 0 Å². The molecule has 1 spiro atoms. The van der Waals surface area contributed by atoms with Gasteiger partial charge in [-0.1, -0.05) is 31.5 Å². The highest BCUT2D eigenvalue weighted by atomic mass is 32.2. The van der Waals surface area contributed by atoms with E-state index in [-0.39, 0.29) is 0 Å². The van der Waals surface area contributed by atoms with Crippen molar-refractivity contribution >= 4 is 16.9 Å². The molecule has 108 valence electrons. The van der Waals surface area contributed by atoms with Crippen LogP contribution in [0.3, 0.4) is 0 Å². The number of aliphatic imine (C=N–C) groups is 1. The van der Waals surface area contributed by atoms with E-state index in [0.29, 0.717) is 5.41 Å². The number of thioether (sulfide) groups is 1. The quantitative estimate of drug-likeness (QED) is 0.862. The molecule has 1 saturated carbocycles. The van der Waals surface area contributed by atoms with Crippen molar-refractivity contribution in [1.29, 1.82) is 0 Å². The van der Waals surface area contributed by atoms with Gasteiger partial charge in [-0.2, -0.15) is 0 Å². The fourth-order valence-electron chi connectivity index (χ4n) is 3.83. The maximum atomic E-state index is 4.83. The zero-order valence-corrected chi connectivity index (χ0v) is 13.0. The fraction of sp³-hybridized carbons (Fsp3) is 0.933. The van der Waals surface area contributed by atoms with Gasteiger partial charge in [-0.25, -0.2) is 0 Å². The molecule has 1 N–H and O–H groups in total. The van der Waals surface area contributed by atoms with E-state index in [1.54, 1.807) is 0 Å². The second-order valence-electron chi connectivity index (χ2n) is 6.42. The number of hydrogen-bond acceptors (Lipinski definition) is 4. The summed E-state index contributed by atoms with van der Waals surface area (Å²) in [7, 11) is 0. The Morgan fingerprint density at radius 2 is 2.21 bits per heavy atom. The molecule has 2 aliphatic heterocycles. The van der Waals surface area contributed by atoms with E-state index in [2.05, 4.69) is 17.1 Å². The maximum Gasteiger partial charge on any atom is 0.156 e. The predicted molar refractivity (Wildman–Crippen MR) is 83.9 cm³/mol. The summed E-state index contributed by atoms with van der Waals surface area (Å²) in [6, 6.07) is 0.732. The molecule has 1 saturated heterocycles. The molecule has 3 rings (SSSR count). The van der Waals surface area contributed by atoms with Gasteiger partial charge in [-0.15, -0.1) is 0 Å². The molecule has 2 fully saturated rings. The summed E-state index contributed by atoms with van der Waals surface area (Å²) >= 11 is 1.97. The molecule has 0 bridgehead atoms. The van der Waals surface area contributed by atoms with Crippen LogP contribution in [0, 0.1) is 5.41 Å². The summed E-state index contributed by atoms with van der Waals surface area (Å²) in [5.74, 6) is 1.29. The van der Waals surface area contributed by atoms with Crippen LogP contribution in [-0.2, 0) is 0 Å². The van der Waals surface area contributed by atoms with Crippen LogP contribution in [0.25, 0.3) is 0 Å². The van der Waals surface area contributed by atoms with E-state index in [1.807, 2.05) is 11.8 Å². The lowest BCUT2D eigenvalue weighted by Gasteiger charge is -2.32. The first-order chi connectivity index (χ1) is 9.31. The molecule has 1 aliphatic carbocycles. The van der Waals surface area contributed by atoms with Crippen molar-refractivity contribution in [2.75, 3.05) is 31.9 Å². The number of likely N-dealkylation sites (tertiary alicyclic amines) is 1. The molecule has 1 unspecified atom stereocenters. The maximum absolute atomic E-state index is 4.83. The van der Waals surface area contributed by atoms with Crippen LogP contribution in [0.5, 0.6) is 0 Å². The number of nitrogens with one attached hydrogen (secondary N) is 1. The first-order valence-electron chi connectivity index (χ1n) is 7.96. The standard InChI is InChI=1S/C15H27N3S/c1-2-18-9-5-6-13(18)10-16-14-17-11-15(12-19-14)7-3-4-8-15/h13H,2-12H2,1H3,(H,16,17). The average molecular weight is 281 g/mol. The Kier molecular flexibility index (Phi) is 4.37. The Hall–Kier alpha value is -0.220. The predicted octanol–water partition coefficient (Wildman–Crippen LogP) is 2.72. The highest BCUT2D eigenvalue weighted by Crippen LogP contribution is 2.43. The first-order valence-corrected chi connectivity index (χ1v) is 8.95. The third-order valence-electron chi connectivity index (χ3n) is 5.13. The molecule has 0 radical (unpaired) electrons. The third kappa shape index (κ3) is 3.10. The van der Waals surface area contributed by atoms with E-state index in [9.17, 15) is 0 Å². The van der Waals surface area contributed by atoms with Crippen LogP contribution in [0.4, 0.5) is 0 Å². The van der Waals surface area contributed by atoms with Gasteiger partial charge in [0.1, 0.15) is 0 Å². The molecule has 1 atom stereocenters. The van der Waals surface area contributed by atoms with Crippen molar-refractivity contribution < 1.29 is 0 Å². The van der Waals surface area contributed by atoms with Crippen molar-refractivity contribution in [2.45, 2.75) is 51.5 Å². The van der Waals surface area contributed by atoms with Gasteiger partial charge < -0.3 is 5.32 Å². The van der Waals surface area contributed by atoms with Crippen LogP contribution >= 0.6 is 11.8 Å². The molecule has 3 nitrogen and oxygen atoms in total. The Labute approximate surface area is 121 Å². The van der Waals surface area contributed by atoms with Crippen LogP contribution in [-0.4, -0.2) is 48.0 Å². The molecule has 0 aromatic carbocycles. The van der Waals surface area contributed by atoms with Crippen molar-refractivity contribution in [3.05, 3.63) is 0 Å². The topological polar surface area (TPSA) is 27.6 Å². The zero-order valence-electron chi connectivity index (χ0n) is 12.2. The van der Waals surface area contributed by atoms with E-state index in [1.165, 1.54) is 62.5 Å². The normalized spacial score (nSPS) is 30.8. The second kappa shape index (κ2) is 6.04. The van der Waals surface area contributed by atoms with E-state index in [4.69, 9.17) is 4.99 Å². The van der Waals surface area contributed by atoms with Gasteiger partial charge in [0.25, 0.3) is 0 Å². The first kappa shape index (κ1) is 13.7. The van der Waals surface area contributed by atoms with E-state index < -0.39 is 0 Å². The summed E-state index contributed by atoms with van der Waals surface area (Å²) < 4.78 is 0. The third-order valence-corrected chi connectivity index (χ3v) is 6.44. The SMILES string of the molecule is CCN1CCCC1CNC1=NCC2(CCCC2)CS1. The Bertz CT molecular complexity index is 336. The molecule has 3 aliphatic rings. The van der Waals surface area contributed by atoms with Gasteiger partial charge in [-0.3, -0.25) is 9.89 Å².